The highest BCUT2D eigenvalue weighted by atomic mass is 31.0. The van der Waals surface area contributed by atoms with Crippen molar-refractivity contribution in [2.75, 3.05) is 13.1 Å². The molecule has 0 amide bonds. The van der Waals surface area contributed by atoms with Crippen LogP contribution in [-0.2, 0) is 0 Å². The Hall–Kier alpha value is -0.530. The second-order valence-corrected chi connectivity index (χ2v) is 5.31. The molecule has 2 rings (SSSR count). The van der Waals surface area contributed by atoms with Crippen LogP contribution in [0.25, 0.3) is 0 Å². The molecule has 1 aliphatic rings. The van der Waals surface area contributed by atoms with Crippen molar-refractivity contribution in [1.82, 2.24) is 15.3 Å². The van der Waals surface area contributed by atoms with Crippen LogP contribution in [0.5, 0.6) is 0 Å². The lowest BCUT2D eigenvalue weighted by Gasteiger charge is -2.26. The molecule has 2 atom stereocenters. The molecule has 1 unspecified atom stereocenters. The van der Waals surface area contributed by atoms with Crippen LogP contribution >= 0.6 is 9.24 Å². The summed E-state index contributed by atoms with van der Waals surface area (Å²) in [5.74, 6) is 1.54. The SMILES string of the molecule is Cc1nc(C2CNC2)nc(C)c1[C@@H](C)P. The van der Waals surface area contributed by atoms with Gasteiger partial charge in [-0.3, -0.25) is 0 Å². The fourth-order valence-electron chi connectivity index (χ4n) is 2.06. The van der Waals surface area contributed by atoms with Crippen LogP contribution < -0.4 is 5.32 Å². The monoisotopic (exact) mass is 223 g/mol. The van der Waals surface area contributed by atoms with Gasteiger partial charge in [-0.05, 0) is 19.5 Å². The number of nitrogens with zero attached hydrogens (tertiary/aromatic N) is 2. The van der Waals surface area contributed by atoms with Crippen molar-refractivity contribution in [1.29, 1.82) is 0 Å². The molecule has 82 valence electrons. The van der Waals surface area contributed by atoms with Crippen LogP contribution in [0.1, 0.15) is 41.3 Å². The van der Waals surface area contributed by atoms with Gasteiger partial charge in [-0.15, -0.1) is 9.24 Å². The van der Waals surface area contributed by atoms with Crippen LogP contribution in [0, 0.1) is 13.8 Å². The zero-order valence-corrected chi connectivity index (χ0v) is 10.7. The Morgan fingerprint density at radius 2 is 1.80 bits per heavy atom. The van der Waals surface area contributed by atoms with E-state index in [9.17, 15) is 0 Å². The molecule has 2 heterocycles. The molecule has 1 aliphatic heterocycles. The Bertz CT molecular complexity index is 349. The van der Waals surface area contributed by atoms with Crippen molar-refractivity contribution < 1.29 is 0 Å². The molecule has 1 saturated heterocycles. The van der Waals surface area contributed by atoms with E-state index < -0.39 is 0 Å². The Kier molecular flexibility index (Phi) is 3.03. The van der Waals surface area contributed by atoms with Crippen LogP contribution in [0.15, 0.2) is 0 Å². The largest absolute Gasteiger partial charge is 0.315 e. The Balaban J connectivity index is 2.37. The van der Waals surface area contributed by atoms with Crippen molar-refractivity contribution in [2.45, 2.75) is 32.3 Å². The maximum absolute atomic E-state index is 4.61. The summed E-state index contributed by atoms with van der Waals surface area (Å²) in [6.45, 7) is 8.37. The Morgan fingerprint density at radius 3 is 2.13 bits per heavy atom. The van der Waals surface area contributed by atoms with Crippen molar-refractivity contribution in [2.24, 2.45) is 0 Å². The third kappa shape index (κ3) is 2.04. The molecule has 3 nitrogen and oxygen atoms in total. The van der Waals surface area contributed by atoms with Gasteiger partial charge in [-0.25, -0.2) is 9.97 Å². The molecule has 0 aliphatic carbocycles. The van der Waals surface area contributed by atoms with Crippen LogP contribution in [0.2, 0.25) is 0 Å². The first-order chi connectivity index (χ1) is 7.09. The predicted molar refractivity (Wildman–Crippen MR) is 65.2 cm³/mol. The smallest absolute Gasteiger partial charge is 0.134 e. The van der Waals surface area contributed by atoms with E-state index in [-0.39, 0.29) is 0 Å². The second kappa shape index (κ2) is 4.15. The van der Waals surface area contributed by atoms with Gasteiger partial charge in [0.1, 0.15) is 5.82 Å². The first-order valence-electron chi connectivity index (χ1n) is 5.41. The summed E-state index contributed by atoms with van der Waals surface area (Å²) < 4.78 is 0. The molecule has 1 fully saturated rings. The summed E-state index contributed by atoms with van der Waals surface area (Å²) in [6, 6.07) is 0. The molecule has 4 heteroatoms. The zero-order valence-electron chi connectivity index (χ0n) is 9.54. The molecule has 0 radical (unpaired) electrons. The average molecular weight is 223 g/mol. The van der Waals surface area contributed by atoms with E-state index in [4.69, 9.17) is 0 Å². The number of aryl methyl sites for hydroxylation is 2. The number of hydrogen-bond donors (Lipinski definition) is 1. The highest BCUT2D eigenvalue weighted by Crippen LogP contribution is 2.28. The summed E-state index contributed by atoms with van der Waals surface area (Å²) in [4.78, 5) is 9.23. The normalized spacial score (nSPS) is 18.7. The Morgan fingerprint density at radius 1 is 1.27 bits per heavy atom. The van der Waals surface area contributed by atoms with Crippen molar-refractivity contribution >= 4 is 9.24 Å². The third-order valence-corrected chi connectivity index (χ3v) is 3.28. The lowest BCUT2D eigenvalue weighted by atomic mass is 10.0. The van der Waals surface area contributed by atoms with Gasteiger partial charge in [0.15, 0.2) is 0 Å². The molecule has 15 heavy (non-hydrogen) atoms. The van der Waals surface area contributed by atoms with E-state index in [1.165, 1.54) is 5.56 Å². The standard InChI is InChI=1S/C11H18N3P/c1-6-10(8(3)15)7(2)14-11(13-6)9-4-12-5-9/h8-9,12H,4-5,15H2,1-3H3/t8-/m1/s1. The first-order valence-corrected chi connectivity index (χ1v) is 6.07. The fourth-order valence-corrected chi connectivity index (χ4v) is 2.55. The van der Waals surface area contributed by atoms with Gasteiger partial charge >= 0.3 is 0 Å². The van der Waals surface area contributed by atoms with Crippen LogP contribution in [0.3, 0.4) is 0 Å². The lowest BCUT2D eigenvalue weighted by molar-refractivity contribution is 0.428. The first kappa shape index (κ1) is 11.0. The highest BCUT2D eigenvalue weighted by molar-refractivity contribution is 7.17. The quantitative estimate of drug-likeness (QED) is 0.776. The molecular formula is C11H18N3P. The average Bonchev–Trinajstić information content (AvgIpc) is 1.97. The minimum Gasteiger partial charge on any atom is -0.315 e. The number of nitrogens with one attached hydrogen (secondary N) is 1. The third-order valence-electron chi connectivity index (χ3n) is 2.95. The summed E-state index contributed by atoms with van der Waals surface area (Å²) in [5.41, 5.74) is 3.97. The van der Waals surface area contributed by atoms with Gasteiger partial charge in [0, 0.05) is 36.0 Å². The van der Waals surface area contributed by atoms with Crippen molar-refractivity contribution in [3.63, 3.8) is 0 Å². The molecule has 0 spiro atoms. The zero-order chi connectivity index (χ0) is 11.0. The lowest BCUT2D eigenvalue weighted by Crippen LogP contribution is -2.41. The molecule has 0 bridgehead atoms. The summed E-state index contributed by atoms with van der Waals surface area (Å²) in [6.07, 6.45) is 0. The molecule has 0 aromatic carbocycles. The van der Waals surface area contributed by atoms with Gasteiger partial charge in [-0.2, -0.15) is 0 Å². The minimum absolute atomic E-state index is 0.429. The number of aromatic nitrogens is 2. The topological polar surface area (TPSA) is 37.8 Å². The van der Waals surface area contributed by atoms with E-state index in [1.54, 1.807) is 0 Å². The highest BCUT2D eigenvalue weighted by Gasteiger charge is 2.23. The fraction of sp³-hybridized carbons (Fsp3) is 0.636. The minimum atomic E-state index is 0.429. The second-order valence-electron chi connectivity index (χ2n) is 4.31. The van der Waals surface area contributed by atoms with Gasteiger partial charge in [0.2, 0.25) is 0 Å². The number of hydrogen-bond acceptors (Lipinski definition) is 3. The van der Waals surface area contributed by atoms with Gasteiger partial charge in [0.25, 0.3) is 0 Å². The molecule has 1 aromatic rings. The van der Waals surface area contributed by atoms with E-state index in [0.717, 1.165) is 30.3 Å². The van der Waals surface area contributed by atoms with E-state index in [2.05, 4.69) is 45.3 Å². The van der Waals surface area contributed by atoms with Gasteiger partial charge < -0.3 is 5.32 Å². The van der Waals surface area contributed by atoms with E-state index in [0.29, 0.717) is 11.6 Å². The van der Waals surface area contributed by atoms with Gasteiger partial charge in [0.05, 0.1) is 0 Å². The molecule has 0 saturated carbocycles. The van der Waals surface area contributed by atoms with Gasteiger partial charge in [-0.1, -0.05) is 6.92 Å². The van der Waals surface area contributed by atoms with Crippen LogP contribution in [-0.4, -0.2) is 23.1 Å². The number of rotatable bonds is 2. The van der Waals surface area contributed by atoms with Crippen LogP contribution in [0.4, 0.5) is 0 Å². The summed E-state index contributed by atoms with van der Waals surface area (Å²) in [7, 11) is 2.81. The Labute approximate surface area is 93.3 Å². The summed E-state index contributed by atoms with van der Waals surface area (Å²) in [5, 5.41) is 3.25. The van der Waals surface area contributed by atoms with E-state index >= 15 is 0 Å². The molecule has 1 aromatic heterocycles. The predicted octanol–water partition coefficient (Wildman–Crippen LogP) is 1.72. The van der Waals surface area contributed by atoms with Crippen molar-refractivity contribution in [3.8, 4) is 0 Å². The molecular weight excluding hydrogens is 205 g/mol. The maximum atomic E-state index is 4.61. The summed E-state index contributed by atoms with van der Waals surface area (Å²) >= 11 is 0. The maximum Gasteiger partial charge on any atom is 0.134 e. The van der Waals surface area contributed by atoms with Crippen molar-refractivity contribution in [3.05, 3.63) is 22.8 Å². The molecule has 1 N–H and O–H groups in total. The van der Waals surface area contributed by atoms with E-state index in [1.807, 2.05) is 0 Å².